The van der Waals surface area contributed by atoms with E-state index in [0.29, 0.717) is 6.54 Å². The number of amides is 2. The van der Waals surface area contributed by atoms with Crippen molar-refractivity contribution in [3.63, 3.8) is 0 Å². The molecule has 0 bridgehead atoms. The van der Waals surface area contributed by atoms with Gasteiger partial charge in [0.2, 0.25) is 11.8 Å². The van der Waals surface area contributed by atoms with E-state index < -0.39 is 17.3 Å². The third-order valence-electron chi connectivity index (χ3n) is 2.99. The number of nitrogens with two attached hydrogens (primary N) is 1. The molecule has 0 spiro atoms. The summed E-state index contributed by atoms with van der Waals surface area (Å²) in [6.45, 7) is 2.07. The quantitative estimate of drug-likeness (QED) is 0.587. The molecule has 1 heterocycles. The zero-order chi connectivity index (χ0) is 15.3. The van der Waals surface area contributed by atoms with Crippen LogP contribution in [-0.4, -0.2) is 57.2 Å². The molecule has 0 aliphatic carbocycles. The number of carboxylic acid groups (broad SMARTS) is 1. The SMILES string of the molecule is CCN1C(=O)CC(SC[C@H](N)C(=O)CCC(=O)O)C1=O. The van der Waals surface area contributed by atoms with Crippen LogP contribution < -0.4 is 5.73 Å². The van der Waals surface area contributed by atoms with Gasteiger partial charge in [0.25, 0.3) is 0 Å². The molecule has 2 atom stereocenters. The van der Waals surface area contributed by atoms with Crippen molar-refractivity contribution in [2.75, 3.05) is 12.3 Å². The number of rotatable bonds is 8. The van der Waals surface area contributed by atoms with Crippen LogP contribution in [0.15, 0.2) is 0 Å². The lowest BCUT2D eigenvalue weighted by atomic mass is 10.1. The summed E-state index contributed by atoms with van der Waals surface area (Å²) in [6.07, 6.45) is -0.231. The maximum atomic E-state index is 11.8. The van der Waals surface area contributed by atoms with E-state index in [1.807, 2.05) is 0 Å². The van der Waals surface area contributed by atoms with Gasteiger partial charge in [0.1, 0.15) is 0 Å². The fourth-order valence-electron chi connectivity index (χ4n) is 1.84. The Bertz CT molecular complexity index is 426. The molecule has 7 nitrogen and oxygen atoms in total. The first-order valence-corrected chi connectivity index (χ1v) is 7.37. The highest BCUT2D eigenvalue weighted by molar-refractivity contribution is 8.00. The van der Waals surface area contributed by atoms with Crippen molar-refractivity contribution in [1.29, 1.82) is 0 Å². The van der Waals surface area contributed by atoms with E-state index in [2.05, 4.69) is 0 Å². The van der Waals surface area contributed by atoms with Gasteiger partial charge in [0.05, 0.1) is 17.7 Å². The standard InChI is InChI=1S/C12H18N2O5S/c1-2-14-10(16)5-9(12(14)19)20-6-7(13)8(15)3-4-11(17)18/h7,9H,2-6,13H2,1H3,(H,17,18)/t7-,9?/m0/s1. The monoisotopic (exact) mass is 302 g/mol. The zero-order valence-electron chi connectivity index (χ0n) is 11.2. The van der Waals surface area contributed by atoms with Gasteiger partial charge in [-0.2, -0.15) is 0 Å². The van der Waals surface area contributed by atoms with E-state index in [1.54, 1.807) is 6.92 Å². The molecule has 1 unspecified atom stereocenters. The number of likely N-dealkylation sites (tertiary alicyclic amines) is 1. The predicted octanol–water partition coefficient (Wildman–Crippen LogP) is -0.372. The van der Waals surface area contributed by atoms with Gasteiger partial charge < -0.3 is 10.8 Å². The van der Waals surface area contributed by atoms with Crippen molar-refractivity contribution in [1.82, 2.24) is 4.90 Å². The number of imide groups is 1. The minimum Gasteiger partial charge on any atom is -0.481 e. The van der Waals surface area contributed by atoms with Crippen LogP contribution >= 0.6 is 11.8 Å². The summed E-state index contributed by atoms with van der Waals surface area (Å²) < 4.78 is 0. The summed E-state index contributed by atoms with van der Waals surface area (Å²) >= 11 is 1.18. The van der Waals surface area contributed by atoms with Crippen LogP contribution in [0.1, 0.15) is 26.2 Å². The van der Waals surface area contributed by atoms with Crippen LogP contribution in [-0.2, 0) is 19.2 Å². The second kappa shape index (κ2) is 7.39. The molecule has 0 aromatic heterocycles. The summed E-state index contributed by atoms with van der Waals surface area (Å²) in [5.41, 5.74) is 5.66. The Balaban J connectivity index is 2.40. The van der Waals surface area contributed by atoms with Crippen LogP contribution in [0.2, 0.25) is 0 Å². The van der Waals surface area contributed by atoms with Crippen molar-refractivity contribution in [3.8, 4) is 0 Å². The molecule has 1 fully saturated rings. The summed E-state index contributed by atoms with van der Waals surface area (Å²) in [7, 11) is 0. The Kier molecular flexibility index (Phi) is 6.15. The third kappa shape index (κ3) is 4.31. The van der Waals surface area contributed by atoms with Gasteiger partial charge in [-0.05, 0) is 6.92 Å². The average Bonchev–Trinajstić information content (AvgIpc) is 2.67. The minimum atomic E-state index is -1.05. The summed E-state index contributed by atoms with van der Waals surface area (Å²) in [6, 6.07) is -0.807. The van der Waals surface area contributed by atoms with Gasteiger partial charge in [0, 0.05) is 25.1 Å². The number of hydrogen-bond donors (Lipinski definition) is 2. The Morgan fingerprint density at radius 3 is 2.60 bits per heavy atom. The van der Waals surface area contributed by atoms with E-state index in [9.17, 15) is 19.2 Å². The molecule has 0 aromatic carbocycles. The Morgan fingerprint density at radius 1 is 1.45 bits per heavy atom. The lowest BCUT2D eigenvalue weighted by Gasteiger charge is -2.13. The molecule has 2 amide bonds. The van der Waals surface area contributed by atoms with Crippen LogP contribution in [0.5, 0.6) is 0 Å². The average molecular weight is 302 g/mol. The summed E-state index contributed by atoms with van der Waals surface area (Å²) in [4.78, 5) is 46.4. The summed E-state index contributed by atoms with van der Waals surface area (Å²) in [5.74, 6) is -1.63. The number of carbonyl (C=O) groups is 4. The van der Waals surface area contributed by atoms with E-state index in [4.69, 9.17) is 10.8 Å². The molecule has 8 heteroatoms. The largest absolute Gasteiger partial charge is 0.481 e. The molecule has 1 aliphatic rings. The number of aliphatic carboxylic acids is 1. The van der Waals surface area contributed by atoms with Gasteiger partial charge in [0.15, 0.2) is 5.78 Å². The van der Waals surface area contributed by atoms with Crippen LogP contribution in [0.25, 0.3) is 0 Å². The van der Waals surface area contributed by atoms with Crippen LogP contribution in [0, 0.1) is 0 Å². The van der Waals surface area contributed by atoms with Crippen molar-refractivity contribution in [2.45, 2.75) is 37.5 Å². The van der Waals surface area contributed by atoms with Crippen LogP contribution in [0.3, 0.4) is 0 Å². The first-order valence-electron chi connectivity index (χ1n) is 6.32. The molecule has 0 aromatic rings. The maximum absolute atomic E-state index is 11.8. The Labute approximate surface area is 120 Å². The molecule has 1 rings (SSSR count). The van der Waals surface area contributed by atoms with Gasteiger partial charge in [-0.15, -0.1) is 11.8 Å². The first kappa shape index (κ1) is 16.6. The highest BCUT2D eigenvalue weighted by Crippen LogP contribution is 2.25. The number of thioether (sulfide) groups is 1. The highest BCUT2D eigenvalue weighted by Gasteiger charge is 2.38. The lowest BCUT2D eigenvalue weighted by molar-refractivity contribution is -0.139. The molecule has 1 saturated heterocycles. The fraction of sp³-hybridized carbons (Fsp3) is 0.667. The normalized spacial score (nSPS) is 20.3. The first-order chi connectivity index (χ1) is 9.36. The van der Waals surface area contributed by atoms with Crippen molar-refractivity contribution >= 4 is 35.3 Å². The molecule has 1 aliphatic heterocycles. The number of carbonyl (C=O) groups excluding carboxylic acids is 3. The van der Waals surface area contributed by atoms with Gasteiger partial charge in [-0.3, -0.25) is 24.1 Å². The predicted molar refractivity (Wildman–Crippen MR) is 73.1 cm³/mol. The van der Waals surface area contributed by atoms with Gasteiger partial charge in [-0.1, -0.05) is 0 Å². The third-order valence-corrected chi connectivity index (χ3v) is 4.32. The van der Waals surface area contributed by atoms with E-state index in [1.165, 1.54) is 16.7 Å². The highest BCUT2D eigenvalue weighted by atomic mass is 32.2. The van der Waals surface area contributed by atoms with E-state index >= 15 is 0 Å². The second-order valence-electron chi connectivity index (χ2n) is 4.47. The molecule has 0 radical (unpaired) electrons. The van der Waals surface area contributed by atoms with Crippen LogP contribution in [0.4, 0.5) is 0 Å². The van der Waals surface area contributed by atoms with Gasteiger partial charge in [-0.25, -0.2) is 0 Å². The van der Waals surface area contributed by atoms with E-state index in [0.717, 1.165) is 0 Å². The Hall–Kier alpha value is -1.41. The number of ketones is 1. The smallest absolute Gasteiger partial charge is 0.303 e. The number of hydrogen-bond acceptors (Lipinski definition) is 6. The van der Waals surface area contributed by atoms with Crippen molar-refractivity contribution in [3.05, 3.63) is 0 Å². The van der Waals surface area contributed by atoms with Crippen molar-refractivity contribution in [2.24, 2.45) is 5.73 Å². The molecular weight excluding hydrogens is 284 g/mol. The minimum absolute atomic E-state index is 0.115. The molecular formula is C12H18N2O5S. The molecule has 112 valence electrons. The van der Waals surface area contributed by atoms with Crippen molar-refractivity contribution < 1.29 is 24.3 Å². The lowest BCUT2D eigenvalue weighted by Crippen LogP contribution is -2.35. The van der Waals surface area contributed by atoms with Gasteiger partial charge >= 0.3 is 5.97 Å². The fourth-order valence-corrected chi connectivity index (χ4v) is 3.00. The molecule has 20 heavy (non-hydrogen) atoms. The number of Topliss-reactive ketones (excluding diaryl/α,β-unsaturated/α-hetero) is 1. The number of nitrogens with zero attached hydrogens (tertiary/aromatic N) is 1. The zero-order valence-corrected chi connectivity index (χ0v) is 12.0. The molecule has 0 saturated carbocycles. The second-order valence-corrected chi connectivity index (χ2v) is 5.70. The van der Waals surface area contributed by atoms with E-state index in [-0.39, 0.29) is 42.6 Å². The molecule has 3 N–H and O–H groups in total. The maximum Gasteiger partial charge on any atom is 0.303 e. The number of carboxylic acids is 1. The Morgan fingerprint density at radius 2 is 2.10 bits per heavy atom. The topological polar surface area (TPSA) is 118 Å². The summed E-state index contributed by atoms with van der Waals surface area (Å²) in [5, 5.41) is 8.00.